The number of amides is 1. The van der Waals surface area contributed by atoms with Crippen LogP contribution in [0, 0.1) is 0 Å². The maximum atomic E-state index is 12.5. The zero-order chi connectivity index (χ0) is 15.6. The Hall–Kier alpha value is -1.60. The van der Waals surface area contributed by atoms with Crippen molar-refractivity contribution in [1.29, 1.82) is 0 Å². The number of halogens is 1. The fourth-order valence-corrected chi connectivity index (χ4v) is 4.06. The number of rotatable bonds is 3. The van der Waals surface area contributed by atoms with Gasteiger partial charge in [0, 0.05) is 6.54 Å². The lowest BCUT2D eigenvalue weighted by atomic mass is 10.1. The summed E-state index contributed by atoms with van der Waals surface area (Å²) < 4.78 is 23.3. The summed E-state index contributed by atoms with van der Waals surface area (Å²) in [4.78, 5) is 24.7. The van der Waals surface area contributed by atoms with Crippen molar-refractivity contribution in [2.75, 3.05) is 18.1 Å². The molecule has 1 fully saturated rings. The number of sulfone groups is 1. The van der Waals surface area contributed by atoms with E-state index in [9.17, 15) is 18.0 Å². The minimum atomic E-state index is -3.33. The van der Waals surface area contributed by atoms with E-state index in [1.807, 2.05) is 0 Å². The Kier molecular flexibility index (Phi) is 4.53. The number of carbonyl (C=O) groups excluding carboxylic acids is 1. The second kappa shape index (κ2) is 6.03. The Balaban J connectivity index is 2.29. The molecule has 0 aromatic heterocycles. The molecular weight excluding hydrogens is 318 g/mol. The Labute approximate surface area is 127 Å². The lowest BCUT2D eigenvalue weighted by Gasteiger charge is -2.34. The summed E-state index contributed by atoms with van der Waals surface area (Å²) in [5.74, 6) is -2.09. The molecule has 0 spiro atoms. The van der Waals surface area contributed by atoms with Crippen LogP contribution in [-0.4, -0.2) is 54.4 Å². The summed E-state index contributed by atoms with van der Waals surface area (Å²) in [6.45, 7) is -0.0235. The average Bonchev–Trinajstić information content (AvgIpc) is 2.37. The van der Waals surface area contributed by atoms with Gasteiger partial charge in [0.25, 0.3) is 5.91 Å². The van der Waals surface area contributed by atoms with Gasteiger partial charge in [0.1, 0.15) is 0 Å². The smallest absolute Gasteiger partial charge is 0.305 e. The van der Waals surface area contributed by atoms with Gasteiger partial charge in [0.15, 0.2) is 9.84 Å². The normalized spacial score (nSPS) is 21.0. The largest absolute Gasteiger partial charge is 0.481 e. The lowest BCUT2D eigenvalue weighted by Crippen LogP contribution is -2.52. The molecule has 1 aromatic carbocycles. The van der Waals surface area contributed by atoms with Crippen molar-refractivity contribution in [2.45, 2.75) is 12.5 Å². The van der Waals surface area contributed by atoms with E-state index in [0.29, 0.717) is 0 Å². The summed E-state index contributed by atoms with van der Waals surface area (Å²) >= 11 is 5.97. The topological polar surface area (TPSA) is 91.8 Å². The van der Waals surface area contributed by atoms with Gasteiger partial charge in [0.2, 0.25) is 0 Å². The molecule has 1 saturated heterocycles. The number of carbonyl (C=O) groups is 2. The zero-order valence-corrected chi connectivity index (χ0v) is 12.6. The van der Waals surface area contributed by atoms with Crippen LogP contribution in [0.3, 0.4) is 0 Å². The molecule has 8 heteroatoms. The molecule has 6 nitrogen and oxygen atoms in total. The zero-order valence-electron chi connectivity index (χ0n) is 11.0. The number of aliphatic carboxylic acids is 1. The van der Waals surface area contributed by atoms with Crippen LogP contribution in [0.4, 0.5) is 0 Å². The van der Waals surface area contributed by atoms with Crippen LogP contribution in [-0.2, 0) is 14.6 Å². The maximum Gasteiger partial charge on any atom is 0.305 e. The summed E-state index contributed by atoms with van der Waals surface area (Å²) in [5.41, 5.74) is 0.244. The molecule has 1 aliphatic heterocycles. The number of hydrogen-bond donors (Lipinski definition) is 1. The highest BCUT2D eigenvalue weighted by Crippen LogP contribution is 2.22. The van der Waals surface area contributed by atoms with Crippen LogP contribution in [0.2, 0.25) is 5.02 Å². The van der Waals surface area contributed by atoms with Crippen LogP contribution >= 0.6 is 11.6 Å². The fourth-order valence-electron chi connectivity index (χ4n) is 2.31. The van der Waals surface area contributed by atoms with E-state index < -0.39 is 34.2 Å². The minimum Gasteiger partial charge on any atom is -0.481 e. The van der Waals surface area contributed by atoms with Gasteiger partial charge >= 0.3 is 5.97 Å². The lowest BCUT2D eigenvalue weighted by molar-refractivity contribution is -0.138. The van der Waals surface area contributed by atoms with Gasteiger partial charge in [0.05, 0.1) is 34.6 Å². The molecule has 21 heavy (non-hydrogen) atoms. The monoisotopic (exact) mass is 331 g/mol. The van der Waals surface area contributed by atoms with Crippen molar-refractivity contribution in [2.24, 2.45) is 0 Å². The average molecular weight is 332 g/mol. The van der Waals surface area contributed by atoms with Crippen molar-refractivity contribution in [3.63, 3.8) is 0 Å². The minimum absolute atomic E-state index is 0.0235. The van der Waals surface area contributed by atoms with Crippen LogP contribution in [0.5, 0.6) is 0 Å². The SMILES string of the molecule is O=C(O)CC1CS(=O)(=O)CCN1C(=O)c1ccccc1Cl. The molecule has 1 aliphatic rings. The van der Waals surface area contributed by atoms with E-state index in [2.05, 4.69) is 0 Å². The van der Waals surface area contributed by atoms with Gasteiger partial charge in [-0.25, -0.2) is 8.42 Å². The third kappa shape index (κ3) is 3.74. The molecule has 2 rings (SSSR count). The van der Waals surface area contributed by atoms with Crippen molar-refractivity contribution < 1.29 is 23.1 Å². The molecular formula is C13H14ClNO5S. The van der Waals surface area contributed by atoms with Gasteiger partial charge in [-0.15, -0.1) is 0 Å². The molecule has 0 saturated carbocycles. The highest BCUT2D eigenvalue weighted by molar-refractivity contribution is 7.91. The Bertz CT molecular complexity index is 673. The molecule has 0 bridgehead atoms. The second-order valence-electron chi connectivity index (χ2n) is 4.84. The van der Waals surface area contributed by atoms with E-state index >= 15 is 0 Å². The van der Waals surface area contributed by atoms with E-state index in [1.165, 1.54) is 11.0 Å². The van der Waals surface area contributed by atoms with Crippen molar-refractivity contribution in [3.8, 4) is 0 Å². The van der Waals surface area contributed by atoms with Gasteiger partial charge in [-0.3, -0.25) is 9.59 Å². The molecule has 1 atom stereocenters. The first kappa shape index (κ1) is 15.8. The van der Waals surface area contributed by atoms with Crippen LogP contribution < -0.4 is 0 Å². The Morgan fingerprint density at radius 1 is 1.33 bits per heavy atom. The van der Waals surface area contributed by atoms with Gasteiger partial charge in [-0.1, -0.05) is 23.7 Å². The third-order valence-corrected chi connectivity index (χ3v) is 5.33. The summed E-state index contributed by atoms with van der Waals surface area (Å²) in [7, 11) is -3.33. The Morgan fingerprint density at radius 3 is 2.62 bits per heavy atom. The van der Waals surface area contributed by atoms with Gasteiger partial charge in [-0.2, -0.15) is 0 Å². The summed E-state index contributed by atoms with van der Waals surface area (Å²) in [6.07, 6.45) is -0.407. The summed E-state index contributed by atoms with van der Waals surface area (Å²) in [5, 5.41) is 9.16. The van der Waals surface area contributed by atoms with E-state index in [1.54, 1.807) is 18.2 Å². The molecule has 1 unspecified atom stereocenters. The van der Waals surface area contributed by atoms with Crippen molar-refractivity contribution in [1.82, 2.24) is 4.90 Å². The second-order valence-corrected chi connectivity index (χ2v) is 7.48. The van der Waals surface area contributed by atoms with Crippen molar-refractivity contribution >= 4 is 33.3 Å². The third-order valence-electron chi connectivity index (χ3n) is 3.31. The molecule has 1 heterocycles. The number of nitrogens with zero attached hydrogens (tertiary/aromatic N) is 1. The number of benzene rings is 1. The van der Waals surface area contributed by atoms with Gasteiger partial charge in [-0.05, 0) is 12.1 Å². The molecule has 1 amide bonds. The van der Waals surface area contributed by atoms with Crippen LogP contribution in [0.1, 0.15) is 16.8 Å². The molecule has 1 aromatic rings. The fraction of sp³-hybridized carbons (Fsp3) is 0.385. The van der Waals surface area contributed by atoms with Gasteiger partial charge < -0.3 is 10.0 Å². The predicted molar refractivity (Wildman–Crippen MR) is 77.2 cm³/mol. The van der Waals surface area contributed by atoms with E-state index in [0.717, 1.165) is 0 Å². The predicted octanol–water partition coefficient (Wildman–Crippen LogP) is 1.05. The molecule has 114 valence electrons. The molecule has 0 aliphatic carbocycles. The number of carboxylic acid groups (broad SMARTS) is 1. The quantitative estimate of drug-likeness (QED) is 0.894. The van der Waals surface area contributed by atoms with Crippen molar-refractivity contribution in [3.05, 3.63) is 34.9 Å². The molecule has 1 N–H and O–H groups in total. The first-order valence-electron chi connectivity index (χ1n) is 6.28. The standard InChI is InChI=1S/C13H14ClNO5S/c14-11-4-2-1-3-10(11)13(18)15-5-6-21(19,20)8-9(15)7-12(16)17/h1-4,9H,5-8H2,(H,16,17). The van der Waals surface area contributed by atoms with E-state index in [4.69, 9.17) is 16.7 Å². The first-order valence-corrected chi connectivity index (χ1v) is 8.48. The van der Waals surface area contributed by atoms with Crippen LogP contribution in [0.25, 0.3) is 0 Å². The first-order chi connectivity index (χ1) is 9.80. The highest BCUT2D eigenvalue weighted by Gasteiger charge is 2.36. The maximum absolute atomic E-state index is 12.5. The van der Waals surface area contributed by atoms with Crippen LogP contribution in [0.15, 0.2) is 24.3 Å². The number of carboxylic acids is 1. The molecule has 0 radical (unpaired) electrons. The number of hydrogen-bond acceptors (Lipinski definition) is 4. The highest BCUT2D eigenvalue weighted by atomic mass is 35.5. The Morgan fingerprint density at radius 2 is 2.00 bits per heavy atom. The summed E-state index contributed by atoms with van der Waals surface area (Å²) in [6, 6.07) is 5.54. The van der Waals surface area contributed by atoms with E-state index in [-0.39, 0.29) is 28.6 Å².